The van der Waals surface area contributed by atoms with Crippen LogP contribution >= 0.6 is 0 Å². The van der Waals surface area contributed by atoms with E-state index in [9.17, 15) is 9.59 Å². The molecular formula is C12H21NO4. The van der Waals surface area contributed by atoms with Crippen molar-refractivity contribution < 1.29 is 19.4 Å². The van der Waals surface area contributed by atoms with E-state index in [-0.39, 0.29) is 5.91 Å². The van der Waals surface area contributed by atoms with Crippen LogP contribution in [0.2, 0.25) is 0 Å². The standard InChI is InChI=1S/C12H21NO4/c1-12(6-4-3-5-7-12)11(16)13-9(8-14)10(15)17-2/h9,14H,3-8H2,1-2H3,(H,13,16). The van der Waals surface area contributed by atoms with Crippen LogP contribution in [0.1, 0.15) is 39.0 Å². The molecule has 0 heterocycles. The summed E-state index contributed by atoms with van der Waals surface area (Å²) in [5.74, 6) is -0.776. The topological polar surface area (TPSA) is 75.6 Å². The number of hydrogen-bond acceptors (Lipinski definition) is 4. The fraction of sp³-hybridized carbons (Fsp3) is 0.833. The summed E-state index contributed by atoms with van der Waals surface area (Å²) >= 11 is 0. The van der Waals surface area contributed by atoms with Crippen molar-refractivity contribution in [3.63, 3.8) is 0 Å². The second-order valence-electron chi connectivity index (χ2n) is 4.85. The van der Waals surface area contributed by atoms with Crippen molar-refractivity contribution in [2.75, 3.05) is 13.7 Å². The van der Waals surface area contributed by atoms with Crippen molar-refractivity contribution in [2.45, 2.75) is 45.1 Å². The number of ether oxygens (including phenoxy) is 1. The third-order valence-corrected chi connectivity index (χ3v) is 3.48. The van der Waals surface area contributed by atoms with E-state index >= 15 is 0 Å². The zero-order chi connectivity index (χ0) is 12.9. The molecule has 1 rings (SSSR count). The molecule has 0 spiro atoms. The van der Waals surface area contributed by atoms with Crippen LogP contribution in [0.15, 0.2) is 0 Å². The van der Waals surface area contributed by atoms with Gasteiger partial charge in [0.2, 0.25) is 5.91 Å². The Bertz CT molecular complexity index is 284. The number of rotatable bonds is 4. The number of aliphatic hydroxyl groups excluding tert-OH is 1. The van der Waals surface area contributed by atoms with Gasteiger partial charge in [0, 0.05) is 5.41 Å². The lowest BCUT2D eigenvalue weighted by atomic mass is 9.75. The minimum absolute atomic E-state index is 0.165. The first-order valence-corrected chi connectivity index (χ1v) is 6.03. The Morgan fingerprint density at radius 3 is 2.41 bits per heavy atom. The maximum atomic E-state index is 12.1. The normalized spacial score (nSPS) is 20.4. The highest BCUT2D eigenvalue weighted by Gasteiger charge is 2.36. The molecule has 1 amide bonds. The van der Waals surface area contributed by atoms with E-state index in [1.54, 1.807) is 0 Å². The lowest BCUT2D eigenvalue weighted by Crippen LogP contribution is -2.50. The third-order valence-electron chi connectivity index (χ3n) is 3.48. The monoisotopic (exact) mass is 243 g/mol. The maximum Gasteiger partial charge on any atom is 0.330 e. The Labute approximate surface area is 102 Å². The summed E-state index contributed by atoms with van der Waals surface area (Å²) in [4.78, 5) is 23.3. The summed E-state index contributed by atoms with van der Waals surface area (Å²) in [6, 6.07) is -0.953. The molecule has 1 saturated carbocycles. The van der Waals surface area contributed by atoms with Gasteiger partial charge in [-0.05, 0) is 12.8 Å². The molecule has 98 valence electrons. The van der Waals surface area contributed by atoms with E-state index in [1.807, 2.05) is 6.92 Å². The van der Waals surface area contributed by atoms with Crippen molar-refractivity contribution >= 4 is 11.9 Å². The second kappa shape index (κ2) is 6.00. The zero-order valence-electron chi connectivity index (χ0n) is 10.5. The first-order chi connectivity index (χ1) is 8.03. The van der Waals surface area contributed by atoms with Crippen molar-refractivity contribution in [1.82, 2.24) is 5.32 Å². The van der Waals surface area contributed by atoms with Gasteiger partial charge in [-0.2, -0.15) is 0 Å². The molecular weight excluding hydrogens is 222 g/mol. The Hall–Kier alpha value is -1.10. The molecule has 1 atom stereocenters. The predicted molar refractivity (Wildman–Crippen MR) is 62.2 cm³/mol. The van der Waals surface area contributed by atoms with E-state index in [0.717, 1.165) is 32.1 Å². The smallest absolute Gasteiger partial charge is 0.330 e. The lowest BCUT2D eigenvalue weighted by molar-refractivity contribution is -0.148. The van der Waals surface area contributed by atoms with E-state index in [2.05, 4.69) is 10.1 Å². The first kappa shape index (κ1) is 14.0. The zero-order valence-corrected chi connectivity index (χ0v) is 10.5. The molecule has 1 aliphatic rings. The SMILES string of the molecule is COC(=O)C(CO)NC(=O)C1(C)CCCCC1. The Morgan fingerprint density at radius 2 is 1.94 bits per heavy atom. The molecule has 1 unspecified atom stereocenters. The van der Waals surface area contributed by atoms with Crippen molar-refractivity contribution in [1.29, 1.82) is 0 Å². The number of methoxy groups -OCH3 is 1. The average Bonchev–Trinajstić information content (AvgIpc) is 2.35. The largest absolute Gasteiger partial charge is 0.467 e. The highest BCUT2D eigenvalue weighted by molar-refractivity contribution is 5.87. The van der Waals surface area contributed by atoms with Gasteiger partial charge in [-0.25, -0.2) is 4.79 Å². The van der Waals surface area contributed by atoms with Crippen LogP contribution in [0.4, 0.5) is 0 Å². The molecule has 0 aromatic heterocycles. The van der Waals surface area contributed by atoms with Crippen LogP contribution in [0.3, 0.4) is 0 Å². The van der Waals surface area contributed by atoms with Gasteiger partial charge in [0.1, 0.15) is 0 Å². The van der Waals surface area contributed by atoms with Crippen LogP contribution in [0.25, 0.3) is 0 Å². The summed E-state index contributed by atoms with van der Waals surface area (Å²) in [5.41, 5.74) is -0.417. The fourth-order valence-corrected chi connectivity index (χ4v) is 2.21. The van der Waals surface area contributed by atoms with E-state index in [0.29, 0.717) is 0 Å². The number of esters is 1. The van der Waals surface area contributed by atoms with Gasteiger partial charge in [-0.15, -0.1) is 0 Å². The highest BCUT2D eigenvalue weighted by Crippen LogP contribution is 2.35. The van der Waals surface area contributed by atoms with Gasteiger partial charge in [0.25, 0.3) is 0 Å². The molecule has 1 fully saturated rings. The molecule has 0 saturated heterocycles. The fourth-order valence-electron chi connectivity index (χ4n) is 2.21. The third kappa shape index (κ3) is 3.43. The molecule has 5 nitrogen and oxygen atoms in total. The van der Waals surface area contributed by atoms with Gasteiger partial charge < -0.3 is 15.2 Å². The average molecular weight is 243 g/mol. The lowest BCUT2D eigenvalue weighted by Gasteiger charge is -2.33. The summed E-state index contributed by atoms with van der Waals surface area (Å²) in [7, 11) is 1.24. The van der Waals surface area contributed by atoms with E-state index in [4.69, 9.17) is 5.11 Å². The second-order valence-corrected chi connectivity index (χ2v) is 4.85. The van der Waals surface area contributed by atoms with E-state index in [1.165, 1.54) is 7.11 Å². The first-order valence-electron chi connectivity index (χ1n) is 6.03. The van der Waals surface area contributed by atoms with E-state index < -0.39 is 24.0 Å². The number of carbonyl (C=O) groups is 2. The van der Waals surface area contributed by atoms with Gasteiger partial charge >= 0.3 is 5.97 Å². The molecule has 0 bridgehead atoms. The number of hydrogen-bond donors (Lipinski definition) is 2. The maximum absolute atomic E-state index is 12.1. The van der Waals surface area contributed by atoms with Crippen LogP contribution in [0.5, 0.6) is 0 Å². The molecule has 0 radical (unpaired) electrons. The number of carbonyl (C=O) groups excluding carboxylic acids is 2. The van der Waals surface area contributed by atoms with Crippen molar-refractivity contribution in [2.24, 2.45) is 5.41 Å². The molecule has 0 aromatic rings. The molecule has 0 aliphatic heterocycles. The minimum atomic E-state index is -0.953. The summed E-state index contributed by atoms with van der Waals surface area (Å²) in [5, 5.41) is 11.6. The number of amides is 1. The molecule has 1 aliphatic carbocycles. The minimum Gasteiger partial charge on any atom is -0.467 e. The van der Waals surface area contributed by atoms with Gasteiger partial charge in [-0.3, -0.25) is 4.79 Å². The van der Waals surface area contributed by atoms with Crippen LogP contribution in [-0.2, 0) is 14.3 Å². The van der Waals surface area contributed by atoms with Crippen LogP contribution in [0, 0.1) is 5.41 Å². The summed E-state index contributed by atoms with van der Waals surface area (Å²) < 4.78 is 4.51. The molecule has 5 heteroatoms. The van der Waals surface area contributed by atoms with Crippen molar-refractivity contribution in [3.8, 4) is 0 Å². The highest BCUT2D eigenvalue weighted by atomic mass is 16.5. The quantitative estimate of drug-likeness (QED) is 0.709. The molecule has 0 aromatic carbocycles. The van der Waals surface area contributed by atoms with Gasteiger partial charge in [0.05, 0.1) is 13.7 Å². The predicted octanol–water partition coefficient (Wildman–Crippen LogP) is 0.607. The Kier molecular flexibility index (Phi) is 4.93. The Morgan fingerprint density at radius 1 is 1.35 bits per heavy atom. The molecule has 17 heavy (non-hydrogen) atoms. The summed E-state index contributed by atoms with van der Waals surface area (Å²) in [6.45, 7) is 1.47. The molecule has 2 N–H and O–H groups in total. The Balaban J connectivity index is 2.60. The van der Waals surface area contributed by atoms with Gasteiger partial charge in [0.15, 0.2) is 6.04 Å². The number of aliphatic hydroxyl groups is 1. The number of nitrogens with one attached hydrogen (secondary N) is 1. The van der Waals surface area contributed by atoms with Crippen molar-refractivity contribution in [3.05, 3.63) is 0 Å². The van der Waals surface area contributed by atoms with Gasteiger partial charge in [-0.1, -0.05) is 26.2 Å². The van der Waals surface area contributed by atoms with Crippen LogP contribution in [-0.4, -0.2) is 36.7 Å². The summed E-state index contributed by atoms with van der Waals surface area (Å²) in [6.07, 6.45) is 4.89. The van der Waals surface area contributed by atoms with Crippen LogP contribution < -0.4 is 5.32 Å².